The van der Waals surface area contributed by atoms with Crippen LogP contribution in [0.2, 0.25) is 0 Å². The van der Waals surface area contributed by atoms with Gasteiger partial charge in [0.05, 0.1) is 4.90 Å². The number of sulfonamides is 1. The van der Waals surface area contributed by atoms with Crippen LogP contribution in [0.3, 0.4) is 0 Å². The molecule has 7 nitrogen and oxygen atoms in total. The molecule has 0 aliphatic rings. The van der Waals surface area contributed by atoms with Gasteiger partial charge in [-0.15, -0.1) is 0 Å². The van der Waals surface area contributed by atoms with Gasteiger partial charge in [-0.2, -0.15) is 0 Å². The molecule has 2 N–H and O–H groups in total. The zero-order chi connectivity index (χ0) is 18.3. The van der Waals surface area contributed by atoms with Crippen LogP contribution in [-0.4, -0.2) is 37.0 Å². The van der Waals surface area contributed by atoms with Gasteiger partial charge in [0.1, 0.15) is 5.82 Å². The van der Waals surface area contributed by atoms with Crippen molar-refractivity contribution < 1.29 is 13.2 Å². The molecular formula is C16H21BrN4O3S. The Bertz CT molecular complexity index is 803. The highest BCUT2D eigenvalue weighted by Gasteiger charge is 2.13. The monoisotopic (exact) mass is 428 g/mol. The zero-order valence-electron chi connectivity index (χ0n) is 13.9. The van der Waals surface area contributed by atoms with Crippen LogP contribution in [-0.2, 0) is 21.4 Å². The Labute approximate surface area is 156 Å². The van der Waals surface area contributed by atoms with E-state index in [0.29, 0.717) is 6.54 Å². The van der Waals surface area contributed by atoms with E-state index in [2.05, 4.69) is 31.0 Å². The summed E-state index contributed by atoms with van der Waals surface area (Å²) in [6.45, 7) is 3.30. The van der Waals surface area contributed by atoms with E-state index in [4.69, 9.17) is 0 Å². The number of imidazole rings is 1. The summed E-state index contributed by atoms with van der Waals surface area (Å²) in [6, 6.07) is 6.32. The topological polar surface area (TPSA) is 93.1 Å². The van der Waals surface area contributed by atoms with Crippen molar-refractivity contribution in [3.05, 3.63) is 47.0 Å². The van der Waals surface area contributed by atoms with E-state index >= 15 is 0 Å². The van der Waals surface area contributed by atoms with Crippen LogP contribution in [0.4, 0.5) is 0 Å². The molecule has 1 aromatic heterocycles. The Morgan fingerprint density at radius 3 is 2.60 bits per heavy atom. The first-order valence-corrected chi connectivity index (χ1v) is 10.2. The first-order chi connectivity index (χ1) is 11.9. The fraction of sp³-hybridized carbons (Fsp3) is 0.375. The van der Waals surface area contributed by atoms with Gasteiger partial charge in [0, 0.05) is 42.9 Å². The molecule has 136 valence electrons. The Hall–Kier alpha value is -1.71. The largest absolute Gasteiger partial charge is 0.356 e. The van der Waals surface area contributed by atoms with Crippen LogP contribution < -0.4 is 10.0 Å². The van der Waals surface area contributed by atoms with Crippen molar-refractivity contribution in [3.63, 3.8) is 0 Å². The number of aryl methyl sites for hydroxylation is 2. The summed E-state index contributed by atoms with van der Waals surface area (Å²) in [5.74, 6) is 0.759. The van der Waals surface area contributed by atoms with E-state index in [0.717, 1.165) is 23.3 Å². The maximum Gasteiger partial charge on any atom is 0.240 e. The standard InChI is InChI=1S/C16H21BrN4O3S/c1-13-18-10-12-21(13)11-2-8-19-16(22)7-9-20-25(23,24)15-5-3-14(17)4-6-15/h3-6,10,12,20H,2,7-9,11H2,1H3,(H,19,22). The predicted molar refractivity (Wildman–Crippen MR) is 98.5 cm³/mol. The molecule has 25 heavy (non-hydrogen) atoms. The second-order valence-corrected chi connectivity index (χ2v) is 8.16. The summed E-state index contributed by atoms with van der Waals surface area (Å²) in [5, 5.41) is 2.78. The number of nitrogens with zero attached hydrogens (tertiary/aromatic N) is 2. The lowest BCUT2D eigenvalue weighted by atomic mass is 10.3. The number of carbonyl (C=O) groups excluding carboxylic acids is 1. The van der Waals surface area contributed by atoms with E-state index in [1.165, 1.54) is 12.1 Å². The number of nitrogens with one attached hydrogen (secondary N) is 2. The number of amides is 1. The normalized spacial score (nSPS) is 11.4. The molecule has 1 amide bonds. The molecule has 0 aliphatic carbocycles. The number of halogens is 1. The molecule has 9 heteroatoms. The highest BCUT2D eigenvalue weighted by atomic mass is 79.9. The molecule has 2 rings (SSSR count). The van der Waals surface area contributed by atoms with Crippen LogP contribution in [0.25, 0.3) is 0 Å². The van der Waals surface area contributed by atoms with Gasteiger partial charge in [0.15, 0.2) is 0 Å². The van der Waals surface area contributed by atoms with E-state index < -0.39 is 10.0 Å². The molecular weight excluding hydrogens is 408 g/mol. The molecule has 0 saturated carbocycles. The van der Waals surface area contributed by atoms with Gasteiger partial charge in [-0.05, 0) is 37.6 Å². The number of rotatable bonds is 9. The van der Waals surface area contributed by atoms with Crippen LogP contribution in [0, 0.1) is 6.92 Å². The minimum Gasteiger partial charge on any atom is -0.356 e. The van der Waals surface area contributed by atoms with Crippen molar-refractivity contribution in [2.45, 2.75) is 31.2 Å². The van der Waals surface area contributed by atoms with Crippen molar-refractivity contribution in [2.24, 2.45) is 0 Å². The van der Waals surface area contributed by atoms with E-state index in [9.17, 15) is 13.2 Å². The van der Waals surface area contributed by atoms with Gasteiger partial charge in [-0.1, -0.05) is 15.9 Å². The second kappa shape index (κ2) is 9.12. The quantitative estimate of drug-likeness (QED) is 0.595. The van der Waals surface area contributed by atoms with Crippen molar-refractivity contribution >= 4 is 31.9 Å². The van der Waals surface area contributed by atoms with Gasteiger partial charge in [-0.25, -0.2) is 18.1 Å². The molecule has 0 atom stereocenters. The predicted octanol–water partition coefficient (Wildman–Crippen LogP) is 1.83. The van der Waals surface area contributed by atoms with E-state index in [1.54, 1.807) is 18.3 Å². The van der Waals surface area contributed by atoms with Crippen LogP contribution in [0.5, 0.6) is 0 Å². The lowest BCUT2D eigenvalue weighted by Gasteiger charge is -2.08. The number of benzene rings is 1. The van der Waals surface area contributed by atoms with Crippen molar-refractivity contribution in [3.8, 4) is 0 Å². The SMILES string of the molecule is Cc1nccn1CCCNC(=O)CCNS(=O)(=O)c1ccc(Br)cc1. The Balaban J connectivity index is 1.66. The third kappa shape index (κ3) is 6.26. The molecule has 0 bridgehead atoms. The maximum absolute atomic E-state index is 12.1. The number of carbonyl (C=O) groups is 1. The highest BCUT2D eigenvalue weighted by molar-refractivity contribution is 9.10. The molecule has 0 unspecified atom stereocenters. The van der Waals surface area contributed by atoms with Gasteiger partial charge in [-0.3, -0.25) is 4.79 Å². The fourth-order valence-electron chi connectivity index (χ4n) is 2.20. The summed E-state index contributed by atoms with van der Waals surface area (Å²) in [7, 11) is -3.59. The third-order valence-electron chi connectivity index (χ3n) is 3.59. The minimum absolute atomic E-state index is 0.0604. The lowest BCUT2D eigenvalue weighted by Crippen LogP contribution is -2.31. The molecule has 1 aromatic carbocycles. The van der Waals surface area contributed by atoms with E-state index in [-0.39, 0.29) is 23.8 Å². The van der Waals surface area contributed by atoms with Crippen molar-refractivity contribution in [2.75, 3.05) is 13.1 Å². The van der Waals surface area contributed by atoms with Gasteiger partial charge >= 0.3 is 0 Å². The van der Waals surface area contributed by atoms with E-state index in [1.807, 2.05) is 17.7 Å². The molecule has 1 heterocycles. The third-order valence-corrected chi connectivity index (χ3v) is 5.60. The first kappa shape index (κ1) is 19.6. The fourth-order valence-corrected chi connectivity index (χ4v) is 3.50. The number of hydrogen-bond donors (Lipinski definition) is 2. The van der Waals surface area contributed by atoms with Gasteiger partial charge < -0.3 is 9.88 Å². The zero-order valence-corrected chi connectivity index (χ0v) is 16.3. The van der Waals surface area contributed by atoms with Crippen LogP contribution in [0.1, 0.15) is 18.7 Å². The Kier molecular flexibility index (Phi) is 7.15. The first-order valence-electron chi connectivity index (χ1n) is 7.88. The Morgan fingerprint density at radius 1 is 1.24 bits per heavy atom. The smallest absolute Gasteiger partial charge is 0.240 e. The van der Waals surface area contributed by atoms with Crippen molar-refractivity contribution in [1.82, 2.24) is 19.6 Å². The molecule has 0 radical (unpaired) electrons. The molecule has 0 fully saturated rings. The van der Waals surface area contributed by atoms with Gasteiger partial charge in [0.25, 0.3) is 0 Å². The molecule has 0 spiro atoms. The average molecular weight is 429 g/mol. The Morgan fingerprint density at radius 2 is 1.96 bits per heavy atom. The summed E-state index contributed by atoms with van der Waals surface area (Å²) in [6.07, 6.45) is 4.52. The lowest BCUT2D eigenvalue weighted by molar-refractivity contribution is -0.120. The van der Waals surface area contributed by atoms with Crippen LogP contribution in [0.15, 0.2) is 46.0 Å². The molecule has 0 saturated heterocycles. The van der Waals surface area contributed by atoms with Gasteiger partial charge in [0.2, 0.25) is 15.9 Å². The molecule has 2 aromatic rings. The summed E-state index contributed by atoms with van der Waals surface area (Å²) < 4.78 is 29.4. The summed E-state index contributed by atoms with van der Waals surface area (Å²) in [4.78, 5) is 16.1. The average Bonchev–Trinajstić information content (AvgIpc) is 2.97. The van der Waals surface area contributed by atoms with Crippen LogP contribution >= 0.6 is 15.9 Å². The minimum atomic E-state index is -3.59. The highest BCUT2D eigenvalue weighted by Crippen LogP contribution is 2.14. The number of hydrogen-bond acceptors (Lipinski definition) is 4. The second-order valence-electron chi connectivity index (χ2n) is 5.47. The summed E-state index contributed by atoms with van der Waals surface area (Å²) in [5.41, 5.74) is 0. The summed E-state index contributed by atoms with van der Waals surface area (Å²) >= 11 is 3.26. The van der Waals surface area contributed by atoms with Crippen molar-refractivity contribution in [1.29, 1.82) is 0 Å². The number of aromatic nitrogens is 2. The molecule has 0 aliphatic heterocycles. The maximum atomic E-state index is 12.1.